The van der Waals surface area contributed by atoms with E-state index in [1.54, 1.807) is 12.1 Å². The van der Waals surface area contributed by atoms with Gasteiger partial charge in [0, 0.05) is 38.1 Å². The molecule has 1 heterocycles. The number of sulfonamides is 1. The molecule has 0 aliphatic rings. The van der Waals surface area contributed by atoms with Crippen molar-refractivity contribution in [2.75, 3.05) is 32.6 Å². The second-order valence-electron chi connectivity index (χ2n) is 10.2. The lowest BCUT2D eigenvalue weighted by Crippen LogP contribution is -2.37. The molecule has 1 amide bonds. The van der Waals surface area contributed by atoms with Crippen LogP contribution in [0.4, 0.5) is 0 Å². The van der Waals surface area contributed by atoms with Crippen LogP contribution in [0.15, 0.2) is 57.2 Å². The molecule has 0 unspecified atom stereocenters. The number of amides is 1. The fourth-order valence-electron chi connectivity index (χ4n) is 4.04. The van der Waals surface area contributed by atoms with Gasteiger partial charge < -0.3 is 9.30 Å². The maximum atomic E-state index is 13.3. The van der Waals surface area contributed by atoms with E-state index in [1.165, 1.54) is 46.0 Å². The average Bonchev–Trinajstić information content (AvgIpc) is 3.19. The first-order chi connectivity index (χ1) is 18.2. The molecule has 1 aromatic heterocycles. The Labute approximate surface area is 235 Å². The number of thiazole rings is 1. The van der Waals surface area contributed by atoms with Crippen molar-refractivity contribution in [2.45, 2.75) is 51.0 Å². The molecule has 12 heteroatoms. The fraction of sp³-hybridized carbons (Fsp3) is 0.481. The van der Waals surface area contributed by atoms with Crippen molar-refractivity contribution in [2.24, 2.45) is 16.8 Å². The Morgan fingerprint density at radius 3 is 2.10 bits per heavy atom. The molecule has 0 radical (unpaired) electrons. The van der Waals surface area contributed by atoms with E-state index >= 15 is 0 Å². The van der Waals surface area contributed by atoms with Gasteiger partial charge in [-0.15, -0.1) is 0 Å². The van der Waals surface area contributed by atoms with Gasteiger partial charge in [0.2, 0.25) is 10.0 Å². The third-order valence-corrected chi connectivity index (χ3v) is 9.82. The normalized spacial score (nSPS) is 13.3. The summed E-state index contributed by atoms with van der Waals surface area (Å²) in [6.07, 6.45) is 1.15. The molecule has 0 bridgehead atoms. The van der Waals surface area contributed by atoms with Gasteiger partial charge in [-0.2, -0.15) is 9.30 Å². The zero-order valence-corrected chi connectivity index (χ0v) is 25.7. The van der Waals surface area contributed by atoms with E-state index in [9.17, 15) is 21.6 Å². The second-order valence-corrected chi connectivity index (χ2v) is 15.1. The number of sulfone groups is 1. The van der Waals surface area contributed by atoms with Crippen LogP contribution in [0.5, 0.6) is 0 Å². The number of fused-ring (bicyclic) bond motifs is 1. The number of hydrogen-bond donors (Lipinski definition) is 0. The van der Waals surface area contributed by atoms with Gasteiger partial charge in [-0.05, 0) is 61.2 Å². The van der Waals surface area contributed by atoms with Crippen LogP contribution in [0.3, 0.4) is 0 Å². The van der Waals surface area contributed by atoms with E-state index in [4.69, 9.17) is 4.74 Å². The molecular weight excluding hydrogens is 559 g/mol. The van der Waals surface area contributed by atoms with Crippen molar-refractivity contribution in [1.82, 2.24) is 8.87 Å². The van der Waals surface area contributed by atoms with Crippen molar-refractivity contribution in [3.63, 3.8) is 0 Å². The van der Waals surface area contributed by atoms with Crippen molar-refractivity contribution < 1.29 is 26.4 Å². The van der Waals surface area contributed by atoms with Crippen molar-refractivity contribution in [3.8, 4) is 0 Å². The molecule has 0 N–H and O–H groups in total. The van der Waals surface area contributed by atoms with Crippen molar-refractivity contribution in [1.29, 1.82) is 0 Å². The number of ether oxygens (including phenoxy) is 1. The number of nitrogens with zero attached hydrogens (tertiary/aromatic N) is 3. The first-order valence-corrected chi connectivity index (χ1v) is 17.0. The summed E-state index contributed by atoms with van der Waals surface area (Å²) < 4.78 is 60.2. The third kappa shape index (κ3) is 7.85. The Hall–Kier alpha value is -2.38. The molecule has 0 atom stereocenters. The Morgan fingerprint density at radius 1 is 0.974 bits per heavy atom. The van der Waals surface area contributed by atoms with E-state index in [1.807, 2.05) is 39.2 Å². The van der Waals surface area contributed by atoms with Crippen LogP contribution in [-0.4, -0.2) is 64.2 Å². The van der Waals surface area contributed by atoms with Crippen LogP contribution >= 0.6 is 11.3 Å². The Morgan fingerprint density at radius 2 is 1.56 bits per heavy atom. The second kappa shape index (κ2) is 12.9. The summed E-state index contributed by atoms with van der Waals surface area (Å²) in [5, 5.41) is 0. The number of carbonyl (C=O) groups is 1. The lowest BCUT2D eigenvalue weighted by Gasteiger charge is -2.25. The third-order valence-electron chi connectivity index (χ3n) is 5.82. The molecule has 0 aliphatic heterocycles. The zero-order chi connectivity index (χ0) is 29.0. The van der Waals surface area contributed by atoms with Crippen LogP contribution in [0.25, 0.3) is 10.2 Å². The number of carbonyl (C=O) groups excluding carboxylic acids is 1. The van der Waals surface area contributed by atoms with E-state index in [-0.39, 0.29) is 27.2 Å². The molecule has 214 valence electrons. The Bertz CT molecular complexity index is 1580. The maximum Gasteiger partial charge on any atom is 0.279 e. The van der Waals surface area contributed by atoms with Crippen LogP contribution in [0.1, 0.15) is 45.0 Å². The summed E-state index contributed by atoms with van der Waals surface area (Å²) >= 11 is 1.21. The molecule has 9 nitrogen and oxygen atoms in total. The topological polar surface area (TPSA) is 115 Å². The molecule has 0 saturated heterocycles. The van der Waals surface area contributed by atoms with Gasteiger partial charge in [0.25, 0.3) is 5.91 Å². The highest BCUT2D eigenvalue weighted by Crippen LogP contribution is 2.23. The van der Waals surface area contributed by atoms with E-state index in [0.29, 0.717) is 42.3 Å². The summed E-state index contributed by atoms with van der Waals surface area (Å²) in [4.78, 5) is 18.2. The molecule has 0 spiro atoms. The summed E-state index contributed by atoms with van der Waals surface area (Å²) in [7, 11) is -7.12. The van der Waals surface area contributed by atoms with E-state index < -0.39 is 25.8 Å². The van der Waals surface area contributed by atoms with Gasteiger partial charge in [-0.25, -0.2) is 16.8 Å². The minimum absolute atomic E-state index is 0.127. The van der Waals surface area contributed by atoms with Gasteiger partial charge in [-0.1, -0.05) is 39.0 Å². The van der Waals surface area contributed by atoms with Gasteiger partial charge >= 0.3 is 0 Å². The summed E-state index contributed by atoms with van der Waals surface area (Å²) in [6.45, 7) is 12.0. The van der Waals surface area contributed by atoms with Crippen LogP contribution in [0, 0.1) is 11.8 Å². The maximum absolute atomic E-state index is 13.3. The molecule has 0 fully saturated rings. The molecule has 3 aromatic rings. The number of benzene rings is 2. The highest BCUT2D eigenvalue weighted by atomic mass is 32.2. The highest BCUT2D eigenvalue weighted by molar-refractivity contribution is 7.90. The molecule has 2 aromatic carbocycles. The summed E-state index contributed by atoms with van der Waals surface area (Å²) in [5.74, 6) is -0.190. The van der Waals surface area contributed by atoms with Crippen molar-refractivity contribution >= 4 is 47.3 Å². The standard InChI is InChI=1S/C27H37N3O6S3/c1-7-36-15-14-30-24-13-12-23(38(6,32)33)16-25(24)37-27(30)28-26(31)21-8-10-22(11-9-21)39(34,35)29(17-19(2)3)18-20(4)5/h8-13,16,19-20H,7,14-15,17-18H2,1-6H3. The average molecular weight is 596 g/mol. The van der Waals surface area contributed by atoms with Gasteiger partial charge in [0.15, 0.2) is 14.6 Å². The molecule has 3 rings (SSSR count). The first kappa shape index (κ1) is 31.2. The zero-order valence-electron chi connectivity index (χ0n) is 23.2. The smallest absolute Gasteiger partial charge is 0.279 e. The predicted molar refractivity (Wildman–Crippen MR) is 154 cm³/mol. The SMILES string of the molecule is CCOCCn1c(=NC(=O)c2ccc(S(=O)(=O)N(CC(C)C)CC(C)C)cc2)sc2cc(S(C)(=O)=O)ccc21. The molecule has 39 heavy (non-hydrogen) atoms. The summed E-state index contributed by atoms with van der Waals surface area (Å²) in [5.41, 5.74) is 0.995. The number of aromatic nitrogens is 1. The monoisotopic (exact) mass is 595 g/mol. The van der Waals surface area contributed by atoms with Gasteiger partial charge in [0.1, 0.15) is 0 Å². The quantitative estimate of drug-likeness (QED) is 0.290. The Kier molecular flexibility index (Phi) is 10.3. The highest BCUT2D eigenvalue weighted by Gasteiger charge is 2.26. The van der Waals surface area contributed by atoms with E-state index in [2.05, 4.69) is 4.99 Å². The van der Waals surface area contributed by atoms with Gasteiger partial charge in [0.05, 0.1) is 26.6 Å². The number of hydrogen-bond acceptors (Lipinski definition) is 7. The molecule has 0 aliphatic carbocycles. The minimum atomic E-state index is -3.72. The molecule has 0 saturated carbocycles. The summed E-state index contributed by atoms with van der Waals surface area (Å²) in [6, 6.07) is 10.7. The Balaban J connectivity index is 1.99. The minimum Gasteiger partial charge on any atom is -0.380 e. The lowest BCUT2D eigenvalue weighted by molar-refractivity contribution is 0.0996. The largest absolute Gasteiger partial charge is 0.380 e. The number of rotatable bonds is 12. The van der Waals surface area contributed by atoms with Crippen LogP contribution in [0.2, 0.25) is 0 Å². The fourth-order valence-corrected chi connectivity index (χ4v) is 7.62. The van der Waals surface area contributed by atoms with E-state index in [0.717, 1.165) is 11.8 Å². The first-order valence-electron chi connectivity index (χ1n) is 12.8. The predicted octanol–water partition coefficient (Wildman–Crippen LogP) is 4.19. The lowest BCUT2D eigenvalue weighted by atomic mass is 10.2. The van der Waals surface area contributed by atoms with Crippen LogP contribution < -0.4 is 4.80 Å². The van der Waals surface area contributed by atoms with Crippen LogP contribution in [-0.2, 0) is 31.1 Å². The van der Waals surface area contributed by atoms with Gasteiger partial charge in [-0.3, -0.25) is 4.79 Å². The molecular formula is C27H37N3O6S3. The van der Waals surface area contributed by atoms with Crippen molar-refractivity contribution in [3.05, 3.63) is 52.8 Å².